The highest BCUT2D eigenvalue weighted by Gasteiger charge is 2.40. The molecule has 3 rings (SSSR count). The van der Waals surface area contributed by atoms with Gasteiger partial charge in [-0.15, -0.1) is 0 Å². The van der Waals surface area contributed by atoms with E-state index in [-0.39, 0.29) is 35.0 Å². The summed E-state index contributed by atoms with van der Waals surface area (Å²) in [5, 5.41) is 5.83. The monoisotopic (exact) mass is 407 g/mol. The lowest BCUT2D eigenvalue weighted by atomic mass is 10.0. The van der Waals surface area contributed by atoms with E-state index in [2.05, 4.69) is 10.6 Å². The number of benzene rings is 2. The largest absolute Gasteiger partial charge is 0.495 e. The molecule has 0 spiro atoms. The number of amides is 3. The van der Waals surface area contributed by atoms with E-state index in [0.29, 0.717) is 22.7 Å². The van der Waals surface area contributed by atoms with Gasteiger partial charge in [0.15, 0.2) is 0 Å². The number of rotatable bonds is 6. The second-order valence-corrected chi connectivity index (χ2v) is 7.41. The van der Waals surface area contributed by atoms with Crippen molar-refractivity contribution < 1.29 is 19.1 Å². The second kappa shape index (κ2) is 8.41. The first-order chi connectivity index (χ1) is 14.2. The highest BCUT2D eigenvalue weighted by Crippen LogP contribution is 2.34. The number of aryl methyl sites for hydroxylation is 1. The average Bonchev–Trinajstić information content (AvgIpc) is 2.92. The SMILES string of the molecule is COc1ccc(C)cc1NC1=C(c2ccc(NC(C)=O)cc2)C(=O)N(C(C)C)C1=O. The van der Waals surface area contributed by atoms with E-state index < -0.39 is 0 Å². The van der Waals surface area contributed by atoms with Crippen LogP contribution < -0.4 is 15.4 Å². The van der Waals surface area contributed by atoms with E-state index in [4.69, 9.17) is 4.74 Å². The molecule has 3 amide bonds. The third-order valence-electron chi connectivity index (χ3n) is 4.74. The summed E-state index contributed by atoms with van der Waals surface area (Å²) in [7, 11) is 1.55. The number of imide groups is 1. The molecule has 7 heteroatoms. The molecule has 0 fully saturated rings. The molecule has 0 radical (unpaired) electrons. The van der Waals surface area contributed by atoms with E-state index in [1.807, 2.05) is 25.1 Å². The van der Waals surface area contributed by atoms with Crippen LogP contribution in [0, 0.1) is 6.92 Å². The Labute approximate surface area is 175 Å². The van der Waals surface area contributed by atoms with Gasteiger partial charge in [0.05, 0.1) is 18.4 Å². The van der Waals surface area contributed by atoms with E-state index in [0.717, 1.165) is 5.56 Å². The molecule has 0 atom stereocenters. The summed E-state index contributed by atoms with van der Waals surface area (Å²) in [4.78, 5) is 38.8. The fourth-order valence-corrected chi connectivity index (χ4v) is 3.38. The van der Waals surface area contributed by atoms with Crippen LogP contribution in [0.4, 0.5) is 11.4 Å². The molecule has 156 valence electrons. The lowest BCUT2D eigenvalue weighted by molar-refractivity contribution is -0.138. The Morgan fingerprint density at radius 1 is 1.03 bits per heavy atom. The minimum atomic E-state index is -0.389. The molecule has 0 bridgehead atoms. The van der Waals surface area contributed by atoms with Crippen LogP contribution in [-0.4, -0.2) is 35.8 Å². The van der Waals surface area contributed by atoms with Gasteiger partial charge >= 0.3 is 0 Å². The molecule has 0 saturated heterocycles. The first-order valence-corrected chi connectivity index (χ1v) is 9.64. The highest BCUT2D eigenvalue weighted by molar-refractivity contribution is 6.36. The van der Waals surface area contributed by atoms with E-state index in [1.54, 1.807) is 45.2 Å². The third kappa shape index (κ3) is 4.05. The van der Waals surface area contributed by atoms with Crippen molar-refractivity contribution in [1.29, 1.82) is 0 Å². The zero-order valence-electron chi connectivity index (χ0n) is 17.7. The lowest BCUT2D eigenvalue weighted by Gasteiger charge is -2.19. The van der Waals surface area contributed by atoms with Crippen molar-refractivity contribution in [2.75, 3.05) is 17.7 Å². The van der Waals surface area contributed by atoms with E-state index in [1.165, 1.54) is 11.8 Å². The summed E-state index contributed by atoms with van der Waals surface area (Å²) < 4.78 is 5.41. The maximum Gasteiger partial charge on any atom is 0.278 e. The summed E-state index contributed by atoms with van der Waals surface area (Å²) in [5.74, 6) is -0.374. The molecule has 2 aromatic carbocycles. The summed E-state index contributed by atoms with van der Waals surface area (Å²) in [6, 6.07) is 12.1. The molecule has 1 aliphatic rings. The number of hydrogen-bond donors (Lipinski definition) is 2. The van der Waals surface area contributed by atoms with Crippen molar-refractivity contribution in [3.05, 3.63) is 59.3 Å². The molecule has 0 unspecified atom stereocenters. The van der Waals surface area contributed by atoms with Gasteiger partial charge in [-0.1, -0.05) is 18.2 Å². The number of nitrogens with one attached hydrogen (secondary N) is 2. The van der Waals surface area contributed by atoms with Crippen LogP contribution >= 0.6 is 0 Å². The molecule has 0 aliphatic carbocycles. The van der Waals surface area contributed by atoms with Gasteiger partial charge < -0.3 is 15.4 Å². The topological polar surface area (TPSA) is 87.7 Å². The summed E-state index contributed by atoms with van der Waals surface area (Å²) >= 11 is 0. The van der Waals surface area contributed by atoms with Gasteiger partial charge in [0, 0.05) is 18.7 Å². The predicted molar refractivity (Wildman–Crippen MR) is 116 cm³/mol. The van der Waals surface area contributed by atoms with Crippen molar-refractivity contribution >= 4 is 34.7 Å². The molecular weight excluding hydrogens is 382 g/mol. The average molecular weight is 407 g/mol. The van der Waals surface area contributed by atoms with Crippen LogP contribution in [0.5, 0.6) is 5.75 Å². The van der Waals surface area contributed by atoms with Crippen molar-refractivity contribution in [2.24, 2.45) is 0 Å². The van der Waals surface area contributed by atoms with Gasteiger partial charge in [-0.05, 0) is 56.2 Å². The van der Waals surface area contributed by atoms with Gasteiger partial charge in [-0.3, -0.25) is 19.3 Å². The fraction of sp³-hybridized carbons (Fsp3) is 0.261. The lowest BCUT2D eigenvalue weighted by Crippen LogP contribution is -2.38. The normalized spacial score (nSPS) is 13.9. The van der Waals surface area contributed by atoms with Crippen LogP contribution in [0.1, 0.15) is 31.9 Å². The van der Waals surface area contributed by atoms with Crippen LogP contribution in [0.15, 0.2) is 48.2 Å². The van der Waals surface area contributed by atoms with Crippen molar-refractivity contribution in [2.45, 2.75) is 33.7 Å². The Bertz CT molecular complexity index is 1040. The minimum Gasteiger partial charge on any atom is -0.495 e. The smallest absolute Gasteiger partial charge is 0.278 e. The van der Waals surface area contributed by atoms with Crippen LogP contribution in [0.25, 0.3) is 5.57 Å². The molecule has 2 aromatic rings. The predicted octanol–water partition coefficient (Wildman–Crippen LogP) is 3.56. The number of carbonyl (C=O) groups is 3. The zero-order valence-corrected chi connectivity index (χ0v) is 17.7. The van der Waals surface area contributed by atoms with Crippen molar-refractivity contribution in [1.82, 2.24) is 4.90 Å². The summed E-state index contributed by atoms with van der Waals surface area (Å²) in [5.41, 5.74) is 3.26. The van der Waals surface area contributed by atoms with Gasteiger partial charge in [0.1, 0.15) is 11.4 Å². The Balaban J connectivity index is 2.09. The van der Waals surface area contributed by atoms with Gasteiger partial charge in [-0.25, -0.2) is 0 Å². The fourth-order valence-electron chi connectivity index (χ4n) is 3.38. The molecule has 2 N–H and O–H groups in total. The zero-order chi connectivity index (χ0) is 22.0. The third-order valence-corrected chi connectivity index (χ3v) is 4.74. The highest BCUT2D eigenvalue weighted by atomic mass is 16.5. The van der Waals surface area contributed by atoms with Gasteiger partial charge in [-0.2, -0.15) is 0 Å². The number of hydrogen-bond acceptors (Lipinski definition) is 5. The maximum absolute atomic E-state index is 13.1. The standard InChI is InChI=1S/C23H25N3O4/c1-13(2)26-22(28)20(16-7-9-17(10-8-16)24-15(4)27)21(23(26)29)25-18-12-14(3)6-11-19(18)30-5/h6-13,25H,1-5H3,(H,24,27). The quantitative estimate of drug-likeness (QED) is 0.715. The van der Waals surface area contributed by atoms with E-state index >= 15 is 0 Å². The summed E-state index contributed by atoms with van der Waals surface area (Å²) in [6.07, 6.45) is 0. The van der Waals surface area contributed by atoms with Gasteiger partial charge in [0.2, 0.25) is 5.91 Å². The van der Waals surface area contributed by atoms with Crippen LogP contribution in [0.3, 0.4) is 0 Å². The molecular formula is C23H25N3O4. The Morgan fingerprint density at radius 2 is 1.70 bits per heavy atom. The molecule has 0 saturated carbocycles. The number of anilines is 2. The second-order valence-electron chi connectivity index (χ2n) is 7.41. The molecule has 1 aliphatic heterocycles. The Hall–Kier alpha value is -3.61. The molecule has 1 heterocycles. The van der Waals surface area contributed by atoms with Crippen LogP contribution in [0.2, 0.25) is 0 Å². The molecule has 0 aromatic heterocycles. The van der Waals surface area contributed by atoms with E-state index in [9.17, 15) is 14.4 Å². The van der Waals surface area contributed by atoms with Crippen LogP contribution in [-0.2, 0) is 14.4 Å². The number of nitrogens with zero attached hydrogens (tertiary/aromatic N) is 1. The number of methoxy groups -OCH3 is 1. The number of carbonyl (C=O) groups excluding carboxylic acids is 3. The van der Waals surface area contributed by atoms with Crippen molar-refractivity contribution in [3.8, 4) is 5.75 Å². The molecule has 30 heavy (non-hydrogen) atoms. The Morgan fingerprint density at radius 3 is 2.27 bits per heavy atom. The summed E-state index contributed by atoms with van der Waals surface area (Å²) in [6.45, 7) is 6.95. The minimum absolute atomic E-state index is 0.186. The first-order valence-electron chi connectivity index (χ1n) is 9.64. The Kier molecular flexibility index (Phi) is 5.91. The van der Waals surface area contributed by atoms with Crippen molar-refractivity contribution in [3.63, 3.8) is 0 Å². The number of ether oxygens (including phenoxy) is 1. The van der Waals surface area contributed by atoms with Gasteiger partial charge in [0.25, 0.3) is 11.8 Å². The first kappa shape index (κ1) is 21.1. The maximum atomic E-state index is 13.1. The molecule has 7 nitrogen and oxygen atoms in total.